The smallest absolute Gasteiger partial charge is 0.270 e. The lowest BCUT2D eigenvalue weighted by atomic mass is 9.99. The topological polar surface area (TPSA) is 84.8 Å². The molecule has 1 aliphatic heterocycles. The highest BCUT2D eigenvalue weighted by Crippen LogP contribution is 2.31. The molecule has 2 N–H and O–H groups in total. The maximum absolute atomic E-state index is 12.6. The number of amides is 1. The molecule has 3 heterocycles. The maximum atomic E-state index is 12.6. The zero-order chi connectivity index (χ0) is 16.6. The first-order valence-corrected chi connectivity index (χ1v) is 8.01. The summed E-state index contributed by atoms with van der Waals surface area (Å²) in [7, 11) is 1.80. The summed E-state index contributed by atoms with van der Waals surface area (Å²) in [5, 5.41) is 7.42. The SMILES string of the molecule is CCc1ncc(CNC(=O)c2c3c(nn2C)[C@H](C)O[C@H](C)C3)[nH]1. The number of fused-ring (bicyclic) bond motifs is 1. The molecule has 124 valence electrons. The van der Waals surface area contributed by atoms with Crippen molar-refractivity contribution in [1.29, 1.82) is 0 Å². The summed E-state index contributed by atoms with van der Waals surface area (Å²) in [6.07, 6.45) is 3.32. The number of aromatic nitrogens is 4. The lowest BCUT2D eigenvalue weighted by Crippen LogP contribution is -2.28. The van der Waals surface area contributed by atoms with Gasteiger partial charge in [-0.25, -0.2) is 4.98 Å². The van der Waals surface area contributed by atoms with Gasteiger partial charge in [-0.2, -0.15) is 5.10 Å². The molecule has 0 aromatic carbocycles. The Labute approximate surface area is 135 Å². The van der Waals surface area contributed by atoms with E-state index in [4.69, 9.17) is 4.74 Å². The summed E-state index contributed by atoms with van der Waals surface area (Å²) < 4.78 is 7.44. The Hall–Kier alpha value is -2.15. The second-order valence-electron chi connectivity index (χ2n) is 6.02. The Balaban J connectivity index is 1.77. The molecule has 0 radical (unpaired) electrons. The standard InChI is InChI=1S/C16H23N5O2/c1-5-13-17-7-11(19-13)8-18-16(22)15-12-6-9(2)23-10(3)14(12)20-21(15)4/h7,9-10H,5-6,8H2,1-4H3,(H,17,19)(H,18,22)/t9-,10+/m1/s1. The minimum absolute atomic E-state index is 0.0822. The predicted molar refractivity (Wildman–Crippen MR) is 85.0 cm³/mol. The van der Waals surface area contributed by atoms with E-state index in [0.717, 1.165) is 29.2 Å². The number of ether oxygens (including phenoxy) is 1. The molecule has 0 spiro atoms. The van der Waals surface area contributed by atoms with Crippen LogP contribution in [-0.4, -0.2) is 31.8 Å². The van der Waals surface area contributed by atoms with Gasteiger partial charge < -0.3 is 15.0 Å². The summed E-state index contributed by atoms with van der Waals surface area (Å²) in [6, 6.07) is 0. The van der Waals surface area contributed by atoms with Crippen LogP contribution in [-0.2, 0) is 31.2 Å². The van der Waals surface area contributed by atoms with Gasteiger partial charge in [0.15, 0.2) is 0 Å². The number of H-pyrrole nitrogens is 1. The van der Waals surface area contributed by atoms with Gasteiger partial charge in [-0.05, 0) is 13.8 Å². The van der Waals surface area contributed by atoms with E-state index < -0.39 is 0 Å². The van der Waals surface area contributed by atoms with Crippen molar-refractivity contribution < 1.29 is 9.53 Å². The van der Waals surface area contributed by atoms with Crippen LogP contribution >= 0.6 is 0 Å². The highest BCUT2D eigenvalue weighted by Gasteiger charge is 2.31. The minimum Gasteiger partial charge on any atom is -0.369 e. The summed E-state index contributed by atoms with van der Waals surface area (Å²) >= 11 is 0. The fourth-order valence-electron chi connectivity index (χ4n) is 3.08. The minimum atomic E-state index is -0.116. The maximum Gasteiger partial charge on any atom is 0.270 e. The van der Waals surface area contributed by atoms with Crippen molar-refractivity contribution in [2.45, 2.75) is 52.4 Å². The van der Waals surface area contributed by atoms with Crippen molar-refractivity contribution in [3.63, 3.8) is 0 Å². The molecule has 3 rings (SSSR count). The number of aryl methyl sites for hydroxylation is 2. The van der Waals surface area contributed by atoms with Gasteiger partial charge >= 0.3 is 0 Å². The number of nitrogens with one attached hydrogen (secondary N) is 2. The monoisotopic (exact) mass is 317 g/mol. The summed E-state index contributed by atoms with van der Waals surface area (Å²) in [5.74, 6) is 0.808. The first-order chi connectivity index (χ1) is 11.0. The Bertz CT molecular complexity index is 718. The molecular weight excluding hydrogens is 294 g/mol. The largest absolute Gasteiger partial charge is 0.369 e. The third kappa shape index (κ3) is 3.01. The molecule has 23 heavy (non-hydrogen) atoms. The zero-order valence-electron chi connectivity index (χ0n) is 14.0. The Morgan fingerprint density at radius 2 is 2.30 bits per heavy atom. The summed E-state index contributed by atoms with van der Waals surface area (Å²) in [6.45, 7) is 6.45. The number of imidazole rings is 1. The third-order valence-electron chi connectivity index (χ3n) is 4.16. The molecule has 0 fully saturated rings. The van der Waals surface area contributed by atoms with Crippen molar-refractivity contribution in [2.75, 3.05) is 0 Å². The summed E-state index contributed by atoms with van der Waals surface area (Å²) in [4.78, 5) is 20.0. The molecule has 0 bridgehead atoms. The number of carbonyl (C=O) groups is 1. The Morgan fingerprint density at radius 1 is 1.52 bits per heavy atom. The van der Waals surface area contributed by atoms with Crippen molar-refractivity contribution in [3.8, 4) is 0 Å². The zero-order valence-corrected chi connectivity index (χ0v) is 14.0. The van der Waals surface area contributed by atoms with Gasteiger partial charge in [0.1, 0.15) is 11.5 Å². The number of hydrogen-bond acceptors (Lipinski definition) is 4. The van der Waals surface area contributed by atoms with Crippen LogP contribution < -0.4 is 5.32 Å². The van der Waals surface area contributed by atoms with Crippen LogP contribution in [0.3, 0.4) is 0 Å². The van der Waals surface area contributed by atoms with E-state index in [-0.39, 0.29) is 18.1 Å². The van der Waals surface area contributed by atoms with E-state index >= 15 is 0 Å². The normalized spacial score (nSPS) is 20.3. The van der Waals surface area contributed by atoms with Crippen molar-refractivity contribution >= 4 is 5.91 Å². The van der Waals surface area contributed by atoms with E-state index in [1.807, 2.05) is 20.8 Å². The average Bonchev–Trinajstić information content (AvgIpc) is 3.09. The van der Waals surface area contributed by atoms with Gasteiger partial charge in [0.05, 0.1) is 36.3 Å². The van der Waals surface area contributed by atoms with E-state index in [9.17, 15) is 4.79 Å². The van der Waals surface area contributed by atoms with Crippen molar-refractivity contribution in [2.24, 2.45) is 7.05 Å². The fraction of sp³-hybridized carbons (Fsp3) is 0.562. The van der Waals surface area contributed by atoms with Gasteiger partial charge in [0.25, 0.3) is 5.91 Å². The fourth-order valence-corrected chi connectivity index (χ4v) is 3.08. The van der Waals surface area contributed by atoms with Crippen molar-refractivity contribution in [1.82, 2.24) is 25.1 Å². The highest BCUT2D eigenvalue weighted by molar-refractivity contribution is 5.94. The van der Waals surface area contributed by atoms with Gasteiger partial charge in [-0.1, -0.05) is 6.92 Å². The first kappa shape index (κ1) is 15.7. The molecule has 1 aliphatic rings. The van der Waals surface area contributed by atoms with Crippen LogP contribution in [0.25, 0.3) is 0 Å². The highest BCUT2D eigenvalue weighted by atomic mass is 16.5. The van der Waals surface area contributed by atoms with Crippen LogP contribution in [0.5, 0.6) is 0 Å². The second kappa shape index (κ2) is 6.16. The number of rotatable bonds is 4. The molecule has 2 atom stereocenters. The van der Waals surface area contributed by atoms with E-state index in [0.29, 0.717) is 18.7 Å². The first-order valence-electron chi connectivity index (χ1n) is 8.01. The van der Waals surface area contributed by atoms with Crippen molar-refractivity contribution in [3.05, 3.63) is 34.7 Å². The van der Waals surface area contributed by atoms with Crippen LogP contribution in [0, 0.1) is 0 Å². The van der Waals surface area contributed by atoms with Crippen LogP contribution in [0.15, 0.2) is 6.20 Å². The average molecular weight is 317 g/mol. The van der Waals surface area contributed by atoms with Crippen LogP contribution in [0.1, 0.15) is 60.1 Å². The number of carbonyl (C=O) groups excluding carboxylic acids is 1. The van der Waals surface area contributed by atoms with Crippen LogP contribution in [0.4, 0.5) is 0 Å². The predicted octanol–water partition coefficient (Wildman–Crippen LogP) is 1.66. The second-order valence-corrected chi connectivity index (χ2v) is 6.02. The van der Waals surface area contributed by atoms with Gasteiger partial charge in [-0.15, -0.1) is 0 Å². The molecule has 0 aliphatic carbocycles. The molecular formula is C16H23N5O2. The molecule has 0 unspecified atom stereocenters. The Morgan fingerprint density at radius 3 is 3.00 bits per heavy atom. The van der Waals surface area contributed by atoms with Gasteiger partial charge in [0, 0.05) is 25.5 Å². The summed E-state index contributed by atoms with van der Waals surface area (Å²) in [5.41, 5.74) is 3.38. The molecule has 2 aromatic rings. The molecule has 2 aromatic heterocycles. The number of nitrogens with zero attached hydrogens (tertiary/aromatic N) is 3. The van der Waals surface area contributed by atoms with Gasteiger partial charge in [0.2, 0.25) is 0 Å². The molecule has 0 saturated carbocycles. The van der Waals surface area contributed by atoms with E-state index in [1.54, 1.807) is 17.9 Å². The van der Waals surface area contributed by atoms with Gasteiger partial charge in [-0.3, -0.25) is 9.48 Å². The van der Waals surface area contributed by atoms with E-state index in [2.05, 4.69) is 20.4 Å². The molecule has 0 saturated heterocycles. The van der Waals surface area contributed by atoms with Crippen LogP contribution in [0.2, 0.25) is 0 Å². The third-order valence-corrected chi connectivity index (χ3v) is 4.16. The molecule has 1 amide bonds. The molecule has 7 nitrogen and oxygen atoms in total. The quantitative estimate of drug-likeness (QED) is 0.898. The lowest BCUT2D eigenvalue weighted by Gasteiger charge is -2.24. The number of hydrogen-bond donors (Lipinski definition) is 2. The lowest BCUT2D eigenvalue weighted by molar-refractivity contribution is -0.00710. The Kier molecular flexibility index (Phi) is 4.21. The number of aromatic amines is 1. The van der Waals surface area contributed by atoms with E-state index in [1.165, 1.54) is 0 Å². The molecule has 7 heteroatoms.